The lowest BCUT2D eigenvalue weighted by atomic mass is 9.74. The van der Waals surface area contributed by atoms with Gasteiger partial charge in [-0.15, -0.1) is 6.58 Å². The summed E-state index contributed by atoms with van der Waals surface area (Å²) in [5.41, 5.74) is 2.87. The number of hydrogen-bond donors (Lipinski definition) is 1. The molecule has 0 aromatic heterocycles. The summed E-state index contributed by atoms with van der Waals surface area (Å²) >= 11 is 0. The summed E-state index contributed by atoms with van der Waals surface area (Å²) in [6.45, 7) is 16.3. The number of carbonyl (C=O) groups excluding carboxylic acids is 1. The van der Waals surface area contributed by atoms with E-state index in [9.17, 15) is 14.7 Å². The van der Waals surface area contributed by atoms with Crippen LogP contribution >= 0.6 is 0 Å². The largest absolute Gasteiger partial charge is 0.477 e. The Morgan fingerprint density at radius 2 is 1.91 bits per heavy atom. The van der Waals surface area contributed by atoms with Gasteiger partial charge in [-0.2, -0.15) is 0 Å². The summed E-state index contributed by atoms with van der Waals surface area (Å²) in [4.78, 5) is 29.4. The summed E-state index contributed by atoms with van der Waals surface area (Å²) in [5, 5.41) is 10.1. The van der Waals surface area contributed by atoms with Crippen molar-refractivity contribution in [2.24, 2.45) is 11.8 Å². The topological polar surface area (TPSA) is 79.3 Å². The SMILES string of the molecule is C=CCC1C(c2ccc(CN3CCOCC3)cc2)=C(C(=O)O)N2C(=O)[C@H]([C@@H](C)O[Si](C)(C)C)[C@@H]12. The average molecular weight is 485 g/mol. The number of ether oxygens (including phenoxy) is 1. The molecule has 3 aliphatic heterocycles. The fourth-order valence-corrected chi connectivity index (χ4v) is 6.88. The predicted molar refractivity (Wildman–Crippen MR) is 133 cm³/mol. The first kappa shape index (κ1) is 24.8. The minimum atomic E-state index is -1.86. The van der Waals surface area contributed by atoms with Crippen LogP contribution in [0.25, 0.3) is 5.57 Å². The van der Waals surface area contributed by atoms with Gasteiger partial charge in [0.2, 0.25) is 5.91 Å². The van der Waals surface area contributed by atoms with Crippen LogP contribution < -0.4 is 0 Å². The maximum absolute atomic E-state index is 13.2. The van der Waals surface area contributed by atoms with Crippen molar-refractivity contribution in [3.05, 3.63) is 53.7 Å². The van der Waals surface area contributed by atoms with Crippen LogP contribution in [-0.4, -0.2) is 73.5 Å². The van der Waals surface area contributed by atoms with Gasteiger partial charge in [0.25, 0.3) is 0 Å². The van der Waals surface area contributed by atoms with E-state index in [0.29, 0.717) is 6.42 Å². The third-order valence-electron chi connectivity index (χ3n) is 6.91. The van der Waals surface area contributed by atoms with E-state index >= 15 is 0 Å². The first-order valence-corrected chi connectivity index (χ1v) is 15.5. The zero-order valence-corrected chi connectivity index (χ0v) is 21.6. The summed E-state index contributed by atoms with van der Waals surface area (Å²) < 4.78 is 11.7. The van der Waals surface area contributed by atoms with Gasteiger partial charge in [-0.1, -0.05) is 30.3 Å². The van der Waals surface area contributed by atoms with Gasteiger partial charge in [-0.3, -0.25) is 9.69 Å². The Morgan fingerprint density at radius 3 is 2.47 bits per heavy atom. The third kappa shape index (κ3) is 4.77. The second-order valence-corrected chi connectivity index (χ2v) is 14.9. The highest BCUT2D eigenvalue weighted by atomic mass is 28.4. The zero-order valence-electron chi connectivity index (χ0n) is 20.6. The van der Waals surface area contributed by atoms with Gasteiger partial charge >= 0.3 is 5.97 Å². The lowest BCUT2D eigenvalue weighted by Crippen LogP contribution is -2.64. The van der Waals surface area contributed by atoms with Crippen molar-refractivity contribution in [3.63, 3.8) is 0 Å². The lowest BCUT2D eigenvalue weighted by Gasteiger charge is -2.49. The molecule has 0 spiro atoms. The van der Waals surface area contributed by atoms with Gasteiger partial charge in [0.1, 0.15) is 5.70 Å². The summed E-state index contributed by atoms with van der Waals surface area (Å²) in [7, 11) is -1.86. The van der Waals surface area contributed by atoms with Crippen LogP contribution in [0, 0.1) is 11.8 Å². The first-order chi connectivity index (χ1) is 16.1. The normalized spacial score (nSPS) is 26.3. The molecular formula is C26H36N2O5Si. The van der Waals surface area contributed by atoms with Crippen LogP contribution in [-0.2, 0) is 25.3 Å². The van der Waals surface area contributed by atoms with E-state index in [1.165, 1.54) is 10.5 Å². The van der Waals surface area contributed by atoms with Crippen molar-refractivity contribution in [1.29, 1.82) is 0 Å². The number of fused-ring (bicyclic) bond motifs is 1. The quantitative estimate of drug-likeness (QED) is 0.328. The number of carboxylic acid groups (broad SMARTS) is 1. The Hall–Kier alpha value is -2.26. The number of carboxylic acids is 1. The highest BCUT2D eigenvalue weighted by Crippen LogP contribution is 2.52. The Morgan fingerprint density at radius 1 is 1.26 bits per heavy atom. The highest BCUT2D eigenvalue weighted by molar-refractivity contribution is 6.69. The molecule has 2 saturated heterocycles. The number of hydrogen-bond acceptors (Lipinski definition) is 5. The number of nitrogens with zero attached hydrogens (tertiary/aromatic N) is 2. The van der Waals surface area contributed by atoms with Gasteiger partial charge in [0.05, 0.1) is 31.3 Å². The monoisotopic (exact) mass is 484 g/mol. The van der Waals surface area contributed by atoms with E-state index < -0.39 is 14.3 Å². The number of allylic oxidation sites excluding steroid dienone is 1. The van der Waals surface area contributed by atoms with Crippen molar-refractivity contribution in [3.8, 4) is 0 Å². The molecule has 0 radical (unpaired) electrons. The molecule has 4 atom stereocenters. The Labute approximate surface area is 203 Å². The first-order valence-electron chi connectivity index (χ1n) is 12.1. The van der Waals surface area contributed by atoms with Crippen molar-refractivity contribution in [1.82, 2.24) is 9.80 Å². The van der Waals surface area contributed by atoms with E-state index in [1.807, 2.05) is 25.1 Å². The van der Waals surface area contributed by atoms with Crippen LogP contribution in [0.1, 0.15) is 24.5 Å². The molecule has 7 nitrogen and oxygen atoms in total. The average Bonchev–Trinajstić information content (AvgIpc) is 3.04. The Kier molecular flexibility index (Phi) is 7.14. The third-order valence-corrected chi connectivity index (χ3v) is 7.99. The van der Waals surface area contributed by atoms with Crippen molar-refractivity contribution in [2.45, 2.75) is 51.7 Å². The molecule has 0 aliphatic carbocycles. The van der Waals surface area contributed by atoms with Gasteiger partial charge < -0.3 is 19.2 Å². The fraction of sp³-hybridized carbons (Fsp3) is 0.538. The van der Waals surface area contributed by atoms with Crippen LogP contribution in [0.3, 0.4) is 0 Å². The Bertz CT molecular complexity index is 978. The molecule has 1 aromatic rings. The molecule has 3 aliphatic rings. The summed E-state index contributed by atoms with van der Waals surface area (Å²) in [6, 6.07) is 7.91. The van der Waals surface area contributed by atoms with Crippen LogP contribution in [0.2, 0.25) is 19.6 Å². The maximum atomic E-state index is 13.2. The van der Waals surface area contributed by atoms with Crippen LogP contribution in [0.15, 0.2) is 42.6 Å². The standard InChI is InChI=1S/C26H36N2O5Si/c1-6-7-20-22(19-10-8-18(9-11-19)16-27-12-14-32-15-13-27)24(26(30)31)28-23(20)21(25(28)29)17(2)33-34(3,4)5/h6,8-11,17,20-21,23H,1,7,12-16H2,2-5H3,(H,30,31)/t17-,20?,21-,23-/m1/s1. The van der Waals surface area contributed by atoms with Gasteiger partial charge in [0, 0.05) is 25.6 Å². The van der Waals surface area contributed by atoms with Gasteiger partial charge in [-0.25, -0.2) is 4.79 Å². The molecule has 1 N–H and O–H groups in total. The maximum Gasteiger partial charge on any atom is 0.352 e. The number of amides is 1. The second kappa shape index (κ2) is 9.77. The molecule has 0 bridgehead atoms. The summed E-state index contributed by atoms with van der Waals surface area (Å²) in [6.07, 6.45) is 2.18. The van der Waals surface area contributed by atoms with Gasteiger partial charge in [0.15, 0.2) is 8.32 Å². The van der Waals surface area contributed by atoms with Crippen LogP contribution in [0.5, 0.6) is 0 Å². The molecule has 1 aromatic carbocycles. The van der Waals surface area contributed by atoms with E-state index in [0.717, 1.165) is 44.0 Å². The highest BCUT2D eigenvalue weighted by Gasteiger charge is 2.61. The minimum absolute atomic E-state index is 0.110. The van der Waals surface area contributed by atoms with E-state index in [2.05, 4.69) is 43.3 Å². The molecular weight excluding hydrogens is 448 g/mol. The molecule has 4 rings (SSSR count). The second-order valence-electron chi connectivity index (χ2n) is 10.4. The lowest BCUT2D eigenvalue weighted by molar-refractivity contribution is -0.162. The molecule has 1 unspecified atom stereocenters. The van der Waals surface area contributed by atoms with E-state index in [-0.39, 0.29) is 35.6 Å². The van der Waals surface area contributed by atoms with Crippen molar-refractivity contribution in [2.75, 3.05) is 26.3 Å². The Balaban J connectivity index is 1.63. The molecule has 0 saturated carbocycles. The van der Waals surface area contributed by atoms with E-state index in [4.69, 9.17) is 9.16 Å². The number of rotatable bonds is 9. The molecule has 34 heavy (non-hydrogen) atoms. The molecule has 184 valence electrons. The molecule has 8 heteroatoms. The molecule has 1 amide bonds. The fourth-order valence-electron chi connectivity index (χ4n) is 5.62. The molecule has 2 fully saturated rings. The number of β-lactam (4-membered cyclic amide) rings is 1. The number of benzene rings is 1. The van der Waals surface area contributed by atoms with Crippen LogP contribution in [0.4, 0.5) is 0 Å². The summed E-state index contributed by atoms with van der Waals surface area (Å²) in [5.74, 6) is -1.68. The number of morpholine rings is 1. The van der Waals surface area contributed by atoms with Crippen molar-refractivity contribution < 1.29 is 23.9 Å². The van der Waals surface area contributed by atoms with E-state index in [1.54, 1.807) is 0 Å². The predicted octanol–water partition coefficient (Wildman–Crippen LogP) is 3.59. The smallest absolute Gasteiger partial charge is 0.352 e. The van der Waals surface area contributed by atoms with Crippen molar-refractivity contribution >= 4 is 25.8 Å². The van der Waals surface area contributed by atoms with Gasteiger partial charge in [-0.05, 0) is 49.7 Å². The zero-order chi connectivity index (χ0) is 24.6. The number of aliphatic carboxylic acids is 1. The molecule has 3 heterocycles. The minimum Gasteiger partial charge on any atom is -0.477 e. The number of carbonyl (C=O) groups is 2.